The number of fused-ring (bicyclic) bond motifs is 1. The van der Waals surface area contributed by atoms with Crippen LogP contribution in [0.3, 0.4) is 0 Å². The van der Waals surface area contributed by atoms with Gasteiger partial charge in [0.2, 0.25) is 0 Å². The minimum atomic E-state index is -0.414. The highest BCUT2D eigenvalue weighted by Gasteiger charge is 2.14. The van der Waals surface area contributed by atoms with Gasteiger partial charge in [-0.05, 0) is 60.0 Å². The lowest BCUT2D eigenvalue weighted by Gasteiger charge is -2.11. The fraction of sp³-hybridized carbons (Fsp3) is 0.120. The van der Waals surface area contributed by atoms with Gasteiger partial charge in [0.1, 0.15) is 17.9 Å². The lowest BCUT2D eigenvalue weighted by atomic mass is 10.00. The molecule has 0 aliphatic heterocycles. The fourth-order valence-electron chi connectivity index (χ4n) is 3.40. The van der Waals surface area contributed by atoms with Gasteiger partial charge in [-0.1, -0.05) is 35.9 Å². The second-order valence-electron chi connectivity index (χ2n) is 7.03. The van der Waals surface area contributed by atoms with E-state index in [4.69, 9.17) is 25.5 Å². The van der Waals surface area contributed by atoms with Gasteiger partial charge in [0.05, 0.1) is 18.2 Å². The van der Waals surface area contributed by atoms with E-state index in [0.29, 0.717) is 34.1 Å². The van der Waals surface area contributed by atoms with Crippen molar-refractivity contribution in [3.63, 3.8) is 0 Å². The number of rotatable bonds is 5. The van der Waals surface area contributed by atoms with Crippen molar-refractivity contribution in [1.82, 2.24) is 0 Å². The van der Waals surface area contributed by atoms with Gasteiger partial charge in [-0.2, -0.15) is 0 Å². The van der Waals surface area contributed by atoms with E-state index < -0.39 is 5.63 Å². The van der Waals surface area contributed by atoms with Crippen LogP contribution in [0.15, 0.2) is 75.9 Å². The van der Waals surface area contributed by atoms with E-state index in [9.17, 15) is 9.59 Å². The maximum Gasteiger partial charge on any atom is 0.344 e. The van der Waals surface area contributed by atoms with E-state index in [-0.39, 0.29) is 5.97 Å². The molecule has 4 rings (SSSR count). The Labute approximate surface area is 183 Å². The molecule has 0 unspecified atom stereocenters. The number of carbonyl (C=O) groups is 1. The van der Waals surface area contributed by atoms with Crippen molar-refractivity contribution < 1.29 is 18.7 Å². The van der Waals surface area contributed by atoms with Crippen molar-refractivity contribution in [3.05, 3.63) is 98.9 Å². The average molecular weight is 435 g/mol. The largest absolute Gasteiger partial charge is 0.489 e. The van der Waals surface area contributed by atoms with Crippen LogP contribution in [-0.2, 0) is 11.3 Å². The molecule has 0 saturated carbocycles. The average Bonchev–Trinajstić information content (AvgIpc) is 2.78. The van der Waals surface area contributed by atoms with Crippen LogP contribution in [0, 0.1) is 6.92 Å². The van der Waals surface area contributed by atoms with Crippen LogP contribution in [0.5, 0.6) is 5.75 Å². The molecule has 4 aromatic rings. The van der Waals surface area contributed by atoms with Gasteiger partial charge in [-0.25, -0.2) is 9.59 Å². The van der Waals surface area contributed by atoms with Crippen LogP contribution in [0.25, 0.3) is 22.1 Å². The molecule has 1 aromatic heterocycles. The summed E-state index contributed by atoms with van der Waals surface area (Å²) in [5, 5.41) is 1.44. The maximum atomic E-state index is 12.7. The van der Waals surface area contributed by atoms with Crippen LogP contribution in [0.1, 0.15) is 21.5 Å². The first-order valence-corrected chi connectivity index (χ1v) is 9.97. The Hall–Kier alpha value is -3.57. The molecule has 0 amide bonds. The summed E-state index contributed by atoms with van der Waals surface area (Å²) >= 11 is 5.96. The standard InChI is InChI=1S/C25H19ClO5/c1-15-21-12-11-20(30-14-16-3-5-18(6-4-16)24(27)29-2)13-22(21)31-25(28)23(15)17-7-9-19(26)10-8-17/h3-13H,14H2,1-2H3. The molecular formula is C25H19ClO5. The van der Waals surface area contributed by atoms with E-state index in [2.05, 4.69) is 0 Å². The minimum Gasteiger partial charge on any atom is -0.489 e. The van der Waals surface area contributed by atoms with Crippen LogP contribution in [0.2, 0.25) is 5.02 Å². The highest BCUT2D eigenvalue weighted by atomic mass is 35.5. The number of halogens is 1. The third-order valence-electron chi connectivity index (χ3n) is 5.05. The molecular weight excluding hydrogens is 416 g/mol. The highest BCUT2D eigenvalue weighted by Crippen LogP contribution is 2.29. The molecule has 5 nitrogen and oxygen atoms in total. The predicted molar refractivity (Wildman–Crippen MR) is 120 cm³/mol. The number of esters is 1. The highest BCUT2D eigenvalue weighted by molar-refractivity contribution is 6.30. The molecule has 0 N–H and O–H groups in total. The Morgan fingerprint density at radius 3 is 2.39 bits per heavy atom. The van der Waals surface area contributed by atoms with E-state index >= 15 is 0 Å². The molecule has 0 aliphatic carbocycles. The quantitative estimate of drug-likeness (QED) is 0.294. The lowest BCUT2D eigenvalue weighted by molar-refractivity contribution is 0.0600. The number of methoxy groups -OCH3 is 1. The SMILES string of the molecule is COC(=O)c1ccc(COc2ccc3c(C)c(-c4ccc(Cl)cc4)c(=O)oc3c2)cc1. The van der Waals surface area contributed by atoms with Crippen molar-refractivity contribution in [2.24, 2.45) is 0 Å². The zero-order valence-corrected chi connectivity index (χ0v) is 17.7. The molecule has 0 saturated heterocycles. The first kappa shape index (κ1) is 20.7. The number of benzene rings is 3. The van der Waals surface area contributed by atoms with Crippen LogP contribution < -0.4 is 10.4 Å². The molecule has 0 spiro atoms. The molecule has 0 bridgehead atoms. The van der Waals surface area contributed by atoms with Gasteiger partial charge in [0.25, 0.3) is 0 Å². The summed E-state index contributed by atoms with van der Waals surface area (Å²) in [5.41, 5.74) is 3.52. The number of hydrogen-bond acceptors (Lipinski definition) is 5. The van der Waals surface area contributed by atoms with Crippen molar-refractivity contribution in [1.29, 1.82) is 0 Å². The molecule has 156 valence electrons. The zero-order chi connectivity index (χ0) is 22.0. The second-order valence-corrected chi connectivity index (χ2v) is 7.47. The van der Waals surface area contributed by atoms with Gasteiger partial charge in [0, 0.05) is 16.5 Å². The van der Waals surface area contributed by atoms with Crippen molar-refractivity contribution >= 4 is 28.5 Å². The smallest absolute Gasteiger partial charge is 0.344 e. The molecule has 0 fully saturated rings. The van der Waals surface area contributed by atoms with Crippen molar-refractivity contribution in [2.75, 3.05) is 7.11 Å². The van der Waals surface area contributed by atoms with Gasteiger partial charge in [-0.15, -0.1) is 0 Å². The summed E-state index contributed by atoms with van der Waals surface area (Å²) in [6.07, 6.45) is 0. The second kappa shape index (κ2) is 8.66. The minimum absolute atomic E-state index is 0.305. The number of carbonyl (C=O) groups excluding carboxylic acids is 1. The van der Waals surface area contributed by atoms with E-state index in [1.807, 2.05) is 19.1 Å². The number of hydrogen-bond donors (Lipinski definition) is 0. The first-order valence-electron chi connectivity index (χ1n) is 9.59. The van der Waals surface area contributed by atoms with Crippen LogP contribution in [-0.4, -0.2) is 13.1 Å². The summed E-state index contributed by atoms with van der Waals surface area (Å²) in [7, 11) is 1.34. The zero-order valence-electron chi connectivity index (χ0n) is 17.0. The first-order chi connectivity index (χ1) is 15.0. The monoisotopic (exact) mass is 434 g/mol. The Morgan fingerprint density at radius 1 is 1.00 bits per heavy atom. The summed E-state index contributed by atoms with van der Waals surface area (Å²) in [6, 6.07) is 19.5. The van der Waals surface area contributed by atoms with E-state index in [0.717, 1.165) is 22.1 Å². The topological polar surface area (TPSA) is 65.7 Å². The lowest BCUT2D eigenvalue weighted by Crippen LogP contribution is -2.06. The van der Waals surface area contributed by atoms with Gasteiger partial charge >= 0.3 is 11.6 Å². The van der Waals surface area contributed by atoms with Crippen LogP contribution in [0.4, 0.5) is 0 Å². The number of aryl methyl sites for hydroxylation is 1. The fourth-order valence-corrected chi connectivity index (χ4v) is 3.52. The summed E-state index contributed by atoms with van der Waals surface area (Å²) in [6.45, 7) is 2.20. The van der Waals surface area contributed by atoms with Gasteiger partial charge < -0.3 is 13.9 Å². The van der Waals surface area contributed by atoms with E-state index in [1.165, 1.54) is 7.11 Å². The normalized spacial score (nSPS) is 10.8. The summed E-state index contributed by atoms with van der Waals surface area (Å²) in [4.78, 5) is 24.2. The Balaban J connectivity index is 1.58. The summed E-state index contributed by atoms with van der Waals surface area (Å²) in [5.74, 6) is 0.191. The molecule has 0 radical (unpaired) electrons. The molecule has 0 atom stereocenters. The molecule has 3 aromatic carbocycles. The van der Waals surface area contributed by atoms with Crippen molar-refractivity contribution in [2.45, 2.75) is 13.5 Å². The predicted octanol–water partition coefficient (Wildman–Crippen LogP) is 5.79. The molecule has 0 aliphatic rings. The molecule has 31 heavy (non-hydrogen) atoms. The van der Waals surface area contributed by atoms with E-state index in [1.54, 1.807) is 54.6 Å². The molecule has 6 heteroatoms. The summed E-state index contributed by atoms with van der Waals surface area (Å²) < 4.78 is 16.1. The van der Waals surface area contributed by atoms with Gasteiger partial charge in [0.15, 0.2) is 0 Å². The van der Waals surface area contributed by atoms with Crippen LogP contribution >= 0.6 is 11.6 Å². The maximum absolute atomic E-state index is 12.7. The molecule has 1 heterocycles. The third-order valence-corrected chi connectivity index (χ3v) is 5.30. The number of ether oxygens (including phenoxy) is 2. The Bertz CT molecular complexity index is 1310. The Kier molecular flexibility index (Phi) is 5.78. The van der Waals surface area contributed by atoms with Gasteiger partial charge in [-0.3, -0.25) is 0 Å². The Morgan fingerprint density at radius 2 is 1.71 bits per heavy atom. The third kappa shape index (κ3) is 4.32. The van der Waals surface area contributed by atoms with Crippen molar-refractivity contribution in [3.8, 4) is 16.9 Å².